The molecular formula is C10H20N2. The lowest BCUT2D eigenvalue weighted by molar-refractivity contribution is 0.804. The Morgan fingerprint density at radius 1 is 1.17 bits per heavy atom. The van der Waals surface area contributed by atoms with Crippen molar-refractivity contribution >= 4 is 0 Å². The summed E-state index contributed by atoms with van der Waals surface area (Å²) in [6, 6.07) is 0. The van der Waals surface area contributed by atoms with Crippen LogP contribution < -0.4 is 0 Å². The second kappa shape index (κ2) is 4.96. The molecule has 0 aliphatic carbocycles. The molecule has 1 aromatic rings. The maximum Gasteiger partial charge on any atom is 0.0679 e. The number of hydrogen-bond donors (Lipinski definition) is 1. The van der Waals surface area contributed by atoms with E-state index in [1.54, 1.807) is 0 Å². The van der Waals surface area contributed by atoms with Crippen molar-refractivity contribution in [3.63, 3.8) is 0 Å². The Morgan fingerprint density at radius 2 is 1.67 bits per heavy atom. The quantitative estimate of drug-likeness (QED) is 0.685. The van der Waals surface area contributed by atoms with Gasteiger partial charge in [0.1, 0.15) is 0 Å². The van der Waals surface area contributed by atoms with Crippen LogP contribution in [0.3, 0.4) is 0 Å². The highest BCUT2D eigenvalue weighted by atomic mass is 15.1. The minimum Gasteiger partial charge on any atom is -0.282 e. The van der Waals surface area contributed by atoms with Crippen LogP contribution in [0, 0.1) is 13.8 Å². The van der Waals surface area contributed by atoms with Crippen molar-refractivity contribution in [2.24, 2.45) is 0 Å². The standard InChI is InChI=1S/C8H14N2.C2H6/c1-5(2)8-6(3)7(4)9-10-8;1-2/h5H,1-4H3,(H,9,10);1-2H3. The summed E-state index contributed by atoms with van der Waals surface area (Å²) in [4.78, 5) is 0. The van der Waals surface area contributed by atoms with Gasteiger partial charge in [-0.25, -0.2) is 0 Å². The van der Waals surface area contributed by atoms with Gasteiger partial charge in [0, 0.05) is 5.69 Å². The monoisotopic (exact) mass is 168 g/mol. The summed E-state index contributed by atoms with van der Waals surface area (Å²) >= 11 is 0. The number of aromatic amines is 1. The molecule has 12 heavy (non-hydrogen) atoms. The molecule has 0 radical (unpaired) electrons. The number of aryl methyl sites for hydroxylation is 1. The van der Waals surface area contributed by atoms with Crippen LogP contribution in [0.15, 0.2) is 0 Å². The minimum atomic E-state index is 0.532. The minimum absolute atomic E-state index is 0.532. The van der Waals surface area contributed by atoms with Gasteiger partial charge in [-0.3, -0.25) is 5.10 Å². The molecular weight excluding hydrogens is 148 g/mol. The highest BCUT2D eigenvalue weighted by Gasteiger charge is 2.07. The Balaban J connectivity index is 0.000000561. The van der Waals surface area contributed by atoms with E-state index in [1.807, 2.05) is 20.8 Å². The molecule has 0 bridgehead atoms. The summed E-state index contributed by atoms with van der Waals surface area (Å²) in [7, 11) is 0. The molecule has 0 fully saturated rings. The zero-order chi connectivity index (χ0) is 9.72. The lowest BCUT2D eigenvalue weighted by Crippen LogP contribution is -1.89. The van der Waals surface area contributed by atoms with E-state index in [0.29, 0.717) is 5.92 Å². The molecule has 0 spiro atoms. The Hall–Kier alpha value is -0.790. The summed E-state index contributed by atoms with van der Waals surface area (Å²) in [6.07, 6.45) is 0. The lowest BCUT2D eigenvalue weighted by atomic mass is 10.1. The normalized spacial score (nSPS) is 9.58. The Kier molecular flexibility index (Phi) is 4.64. The number of nitrogens with zero attached hydrogens (tertiary/aromatic N) is 1. The predicted octanol–water partition coefficient (Wildman–Crippen LogP) is 3.18. The van der Waals surface area contributed by atoms with Crippen molar-refractivity contribution < 1.29 is 0 Å². The van der Waals surface area contributed by atoms with Gasteiger partial charge in [-0.2, -0.15) is 5.10 Å². The van der Waals surface area contributed by atoms with Gasteiger partial charge in [-0.15, -0.1) is 0 Å². The Labute approximate surface area is 75.4 Å². The summed E-state index contributed by atoms with van der Waals surface area (Å²) in [6.45, 7) is 12.5. The first-order valence-corrected chi connectivity index (χ1v) is 4.64. The molecule has 0 saturated carbocycles. The molecule has 0 aliphatic rings. The molecule has 0 unspecified atom stereocenters. The van der Waals surface area contributed by atoms with Crippen LogP contribution in [-0.2, 0) is 0 Å². The Bertz CT molecular complexity index is 224. The average Bonchev–Trinajstić information content (AvgIpc) is 2.37. The summed E-state index contributed by atoms with van der Waals surface area (Å²) < 4.78 is 0. The molecule has 0 saturated heterocycles. The molecule has 0 aromatic carbocycles. The van der Waals surface area contributed by atoms with Crippen molar-refractivity contribution in [2.75, 3.05) is 0 Å². The number of nitrogens with one attached hydrogen (secondary N) is 1. The van der Waals surface area contributed by atoms with Crippen LogP contribution >= 0.6 is 0 Å². The number of aromatic nitrogens is 2. The zero-order valence-corrected chi connectivity index (χ0v) is 9.02. The van der Waals surface area contributed by atoms with Crippen LogP contribution in [0.1, 0.15) is 50.6 Å². The fraction of sp³-hybridized carbons (Fsp3) is 0.700. The van der Waals surface area contributed by atoms with Gasteiger partial charge >= 0.3 is 0 Å². The van der Waals surface area contributed by atoms with Crippen molar-refractivity contribution in [2.45, 2.75) is 47.5 Å². The number of H-pyrrole nitrogens is 1. The van der Waals surface area contributed by atoms with Crippen LogP contribution in [0.4, 0.5) is 0 Å². The van der Waals surface area contributed by atoms with E-state index in [9.17, 15) is 0 Å². The molecule has 1 rings (SSSR count). The molecule has 0 aliphatic heterocycles. The first kappa shape index (κ1) is 11.2. The van der Waals surface area contributed by atoms with E-state index >= 15 is 0 Å². The van der Waals surface area contributed by atoms with E-state index in [-0.39, 0.29) is 0 Å². The summed E-state index contributed by atoms with van der Waals surface area (Å²) in [5.74, 6) is 0.532. The SMILES string of the molecule is CC.Cc1[nH]nc(C(C)C)c1C. The van der Waals surface area contributed by atoms with Crippen molar-refractivity contribution in [3.05, 3.63) is 17.0 Å². The molecule has 0 amide bonds. The smallest absolute Gasteiger partial charge is 0.0679 e. The first-order chi connectivity index (χ1) is 5.63. The average molecular weight is 168 g/mol. The number of hydrogen-bond acceptors (Lipinski definition) is 1. The number of rotatable bonds is 1. The highest BCUT2D eigenvalue weighted by Crippen LogP contribution is 2.17. The third kappa shape index (κ3) is 2.36. The third-order valence-electron chi connectivity index (χ3n) is 1.84. The molecule has 1 aromatic heterocycles. The van der Waals surface area contributed by atoms with Gasteiger partial charge in [0.2, 0.25) is 0 Å². The molecule has 70 valence electrons. The van der Waals surface area contributed by atoms with Crippen LogP contribution in [0.5, 0.6) is 0 Å². The van der Waals surface area contributed by atoms with Gasteiger partial charge in [-0.05, 0) is 25.3 Å². The van der Waals surface area contributed by atoms with Crippen molar-refractivity contribution in [1.82, 2.24) is 10.2 Å². The van der Waals surface area contributed by atoms with Gasteiger partial charge < -0.3 is 0 Å². The summed E-state index contributed by atoms with van der Waals surface area (Å²) in [5.41, 5.74) is 3.68. The van der Waals surface area contributed by atoms with Gasteiger partial charge in [0.05, 0.1) is 5.69 Å². The van der Waals surface area contributed by atoms with Gasteiger partial charge in [0.15, 0.2) is 0 Å². The zero-order valence-electron chi connectivity index (χ0n) is 9.02. The first-order valence-electron chi connectivity index (χ1n) is 4.64. The molecule has 1 N–H and O–H groups in total. The second-order valence-electron chi connectivity index (χ2n) is 3.01. The lowest BCUT2D eigenvalue weighted by Gasteiger charge is -1.99. The maximum absolute atomic E-state index is 4.19. The van der Waals surface area contributed by atoms with Crippen molar-refractivity contribution in [3.8, 4) is 0 Å². The summed E-state index contributed by atoms with van der Waals surface area (Å²) in [5, 5.41) is 7.16. The molecule has 2 heteroatoms. The second-order valence-corrected chi connectivity index (χ2v) is 3.01. The highest BCUT2D eigenvalue weighted by molar-refractivity contribution is 5.24. The fourth-order valence-electron chi connectivity index (χ4n) is 1.07. The van der Waals surface area contributed by atoms with Crippen LogP contribution in [0.25, 0.3) is 0 Å². The topological polar surface area (TPSA) is 28.7 Å². The van der Waals surface area contributed by atoms with Crippen LogP contribution in [0.2, 0.25) is 0 Å². The van der Waals surface area contributed by atoms with Crippen LogP contribution in [-0.4, -0.2) is 10.2 Å². The van der Waals surface area contributed by atoms with E-state index in [0.717, 1.165) is 0 Å². The van der Waals surface area contributed by atoms with E-state index in [1.165, 1.54) is 17.0 Å². The molecule has 2 nitrogen and oxygen atoms in total. The third-order valence-corrected chi connectivity index (χ3v) is 1.84. The molecule has 1 heterocycles. The van der Waals surface area contributed by atoms with Gasteiger partial charge in [0.25, 0.3) is 0 Å². The molecule has 0 atom stereocenters. The van der Waals surface area contributed by atoms with E-state index < -0.39 is 0 Å². The maximum atomic E-state index is 4.19. The fourth-order valence-corrected chi connectivity index (χ4v) is 1.07. The van der Waals surface area contributed by atoms with E-state index in [2.05, 4.69) is 31.0 Å². The van der Waals surface area contributed by atoms with Crippen molar-refractivity contribution in [1.29, 1.82) is 0 Å². The Morgan fingerprint density at radius 3 is 1.83 bits per heavy atom. The van der Waals surface area contributed by atoms with E-state index in [4.69, 9.17) is 0 Å². The largest absolute Gasteiger partial charge is 0.282 e. The predicted molar refractivity (Wildman–Crippen MR) is 53.5 cm³/mol. The van der Waals surface area contributed by atoms with Gasteiger partial charge in [-0.1, -0.05) is 27.7 Å².